The molecule has 21 heavy (non-hydrogen) atoms. The van der Waals surface area contributed by atoms with Crippen LogP contribution in [0.3, 0.4) is 0 Å². The van der Waals surface area contributed by atoms with E-state index in [4.69, 9.17) is 4.84 Å². The Morgan fingerprint density at radius 3 is 2.52 bits per heavy atom. The second kappa shape index (κ2) is 4.93. The average molecular weight is 293 g/mol. The molecule has 3 rings (SSSR count). The van der Waals surface area contributed by atoms with Gasteiger partial charge in [-0.1, -0.05) is 12.2 Å². The number of Topliss-reactive ketones (excluding diaryl/α,β-unsaturated/α-hetero) is 2. The molecule has 0 amide bonds. The van der Waals surface area contributed by atoms with E-state index in [2.05, 4.69) is 12.2 Å². The van der Waals surface area contributed by atoms with E-state index < -0.39 is 17.1 Å². The Hall–Kier alpha value is -1.72. The molecule has 6 heteroatoms. The fourth-order valence-corrected chi connectivity index (χ4v) is 5.17. The molecule has 6 atom stereocenters. The number of carbonyl (C=O) groups excluding carboxylic acids is 2. The summed E-state index contributed by atoms with van der Waals surface area (Å²) in [7, 11) is 0. The van der Waals surface area contributed by atoms with Crippen molar-refractivity contribution in [3.05, 3.63) is 22.3 Å². The van der Waals surface area contributed by atoms with Gasteiger partial charge in [0.05, 0.1) is 5.92 Å². The summed E-state index contributed by atoms with van der Waals surface area (Å²) in [5, 5.41) is 9.96. The topological polar surface area (TPSA) is 86.5 Å². The van der Waals surface area contributed by atoms with Gasteiger partial charge in [-0.15, -0.1) is 10.1 Å². The quantitative estimate of drug-likeness (QED) is 0.334. The number of hydrogen-bond acceptors (Lipinski definition) is 5. The highest BCUT2D eigenvalue weighted by Crippen LogP contribution is 2.62. The van der Waals surface area contributed by atoms with Crippen molar-refractivity contribution in [3.63, 3.8) is 0 Å². The lowest BCUT2D eigenvalue weighted by Crippen LogP contribution is -2.35. The van der Waals surface area contributed by atoms with Gasteiger partial charge in [0, 0.05) is 0 Å². The maximum atomic E-state index is 11.9. The number of ketones is 2. The molecular weight excluding hydrogens is 274 g/mol. The minimum absolute atomic E-state index is 0.0954. The molecular formula is C15H19NO5. The van der Waals surface area contributed by atoms with E-state index >= 15 is 0 Å². The van der Waals surface area contributed by atoms with Crippen LogP contribution in [0.25, 0.3) is 0 Å². The monoisotopic (exact) mass is 293 g/mol. The van der Waals surface area contributed by atoms with Crippen LogP contribution < -0.4 is 0 Å². The Morgan fingerprint density at radius 1 is 1.29 bits per heavy atom. The van der Waals surface area contributed by atoms with Crippen LogP contribution in [-0.2, 0) is 14.4 Å². The van der Waals surface area contributed by atoms with E-state index in [1.165, 1.54) is 13.8 Å². The van der Waals surface area contributed by atoms with Crippen LogP contribution in [0, 0.1) is 45.6 Å². The van der Waals surface area contributed by atoms with Crippen molar-refractivity contribution in [3.8, 4) is 0 Å². The summed E-state index contributed by atoms with van der Waals surface area (Å²) in [6.45, 7) is 2.89. The zero-order valence-corrected chi connectivity index (χ0v) is 12.1. The van der Waals surface area contributed by atoms with Crippen LogP contribution in [0.4, 0.5) is 0 Å². The van der Waals surface area contributed by atoms with Crippen molar-refractivity contribution in [2.45, 2.75) is 32.8 Å². The molecule has 2 bridgehead atoms. The molecule has 0 unspecified atom stereocenters. The van der Waals surface area contributed by atoms with Crippen LogP contribution >= 0.6 is 0 Å². The minimum atomic E-state index is -0.743. The Balaban J connectivity index is 1.94. The largest absolute Gasteiger partial charge is 0.310 e. The SMILES string of the molecule is CC(=O)C(C(C)=O)[C@@H]1[C@H]2C[C@@H](O[N+](=O)[O-])[C@@H]1[C@H]1C=CC[C@H]12. The molecule has 2 fully saturated rings. The predicted octanol–water partition coefficient (Wildman–Crippen LogP) is 1.82. The number of fused-ring (bicyclic) bond motifs is 5. The highest BCUT2D eigenvalue weighted by Gasteiger charge is 2.62. The smallest absolute Gasteiger partial charge is 0.294 e. The van der Waals surface area contributed by atoms with Gasteiger partial charge in [0.2, 0.25) is 0 Å². The van der Waals surface area contributed by atoms with Gasteiger partial charge in [-0.2, -0.15) is 0 Å². The van der Waals surface area contributed by atoms with Crippen LogP contribution in [0.5, 0.6) is 0 Å². The zero-order valence-electron chi connectivity index (χ0n) is 12.1. The summed E-state index contributed by atoms with van der Waals surface area (Å²) in [5.41, 5.74) is 0. The molecule has 0 heterocycles. The zero-order chi connectivity index (χ0) is 15.3. The van der Waals surface area contributed by atoms with Gasteiger partial charge in [0.1, 0.15) is 17.7 Å². The standard InChI is InChI=1S/C15H19NO5/c1-7(17)13(8(2)18)15-11-6-12(21-16(19)20)14(15)10-5-3-4-9(10)11/h3,5,9-15H,4,6H2,1-2H3/t9-,10+,11+,12-,14+,15+/m1/s1. The summed E-state index contributed by atoms with van der Waals surface area (Å²) in [6.07, 6.45) is 5.23. The molecule has 0 aromatic carbocycles. The molecule has 0 spiro atoms. The third kappa shape index (κ3) is 2.08. The van der Waals surface area contributed by atoms with Gasteiger partial charge >= 0.3 is 0 Å². The Kier molecular flexibility index (Phi) is 3.34. The van der Waals surface area contributed by atoms with Crippen molar-refractivity contribution < 1.29 is 19.5 Å². The minimum Gasteiger partial charge on any atom is -0.310 e. The van der Waals surface area contributed by atoms with Crippen molar-refractivity contribution in [2.75, 3.05) is 0 Å². The van der Waals surface area contributed by atoms with Gasteiger partial charge in [0.15, 0.2) is 0 Å². The van der Waals surface area contributed by atoms with E-state index in [1.807, 2.05) is 0 Å². The number of nitrogens with zero attached hydrogens (tertiary/aromatic N) is 1. The average Bonchev–Trinajstić information content (AvgIpc) is 2.98. The lowest BCUT2D eigenvalue weighted by molar-refractivity contribution is -0.770. The highest BCUT2D eigenvalue weighted by atomic mass is 17.0. The Labute approximate surface area is 122 Å². The molecule has 2 saturated carbocycles. The van der Waals surface area contributed by atoms with Gasteiger partial charge in [-0.3, -0.25) is 9.59 Å². The van der Waals surface area contributed by atoms with Crippen molar-refractivity contribution in [2.24, 2.45) is 35.5 Å². The van der Waals surface area contributed by atoms with E-state index in [0.717, 1.165) is 6.42 Å². The van der Waals surface area contributed by atoms with Gasteiger partial charge in [0.25, 0.3) is 5.09 Å². The van der Waals surface area contributed by atoms with Crippen molar-refractivity contribution >= 4 is 11.6 Å². The first kappa shape index (κ1) is 14.2. The first-order chi connectivity index (χ1) is 9.91. The number of allylic oxidation sites excluding steroid dienone is 2. The molecule has 114 valence electrons. The summed E-state index contributed by atoms with van der Waals surface area (Å²) >= 11 is 0. The van der Waals surface area contributed by atoms with E-state index in [0.29, 0.717) is 12.3 Å². The molecule has 6 nitrogen and oxygen atoms in total. The predicted molar refractivity (Wildman–Crippen MR) is 72.5 cm³/mol. The molecule has 0 radical (unpaired) electrons. The van der Waals surface area contributed by atoms with Gasteiger partial charge < -0.3 is 4.84 Å². The summed E-state index contributed by atoms with van der Waals surface area (Å²) in [6, 6.07) is 0. The summed E-state index contributed by atoms with van der Waals surface area (Å²) < 4.78 is 0. The second-order valence-electron chi connectivity index (χ2n) is 6.53. The molecule has 0 aromatic rings. The van der Waals surface area contributed by atoms with E-state index in [-0.39, 0.29) is 35.2 Å². The lowest BCUT2D eigenvalue weighted by atomic mass is 9.77. The fourth-order valence-electron chi connectivity index (χ4n) is 5.17. The Morgan fingerprint density at radius 2 is 1.95 bits per heavy atom. The molecule has 3 aliphatic rings. The number of rotatable bonds is 5. The molecule has 3 aliphatic carbocycles. The normalized spacial score (nSPS) is 39.6. The number of carbonyl (C=O) groups is 2. The third-order valence-corrected chi connectivity index (χ3v) is 5.61. The lowest BCUT2D eigenvalue weighted by Gasteiger charge is -2.29. The van der Waals surface area contributed by atoms with Gasteiger partial charge in [-0.25, -0.2) is 0 Å². The third-order valence-electron chi connectivity index (χ3n) is 5.61. The first-order valence-corrected chi connectivity index (χ1v) is 7.40. The van der Waals surface area contributed by atoms with Gasteiger partial charge in [-0.05, 0) is 56.3 Å². The van der Waals surface area contributed by atoms with Crippen LogP contribution in [-0.4, -0.2) is 22.8 Å². The molecule has 0 aromatic heterocycles. The molecule has 0 aliphatic heterocycles. The number of hydrogen-bond donors (Lipinski definition) is 0. The first-order valence-electron chi connectivity index (χ1n) is 7.40. The maximum absolute atomic E-state index is 11.9. The Bertz CT molecular complexity index is 514. The molecule has 0 N–H and O–H groups in total. The molecule has 0 saturated heterocycles. The van der Waals surface area contributed by atoms with E-state index in [9.17, 15) is 19.7 Å². The maximum Gasteiger partial charge on any atom is 0.294 e. The van der Waals surface area contributed by atoms with Crippen LogP contribution in [0.2, 0.25) is 0 Å². The van der Waals surface area contributed by atoms with Crippen LogP contribution in [0.1, 0.15) is 26.7 Å². The second-order valence-corrected chi connectivity index (χ2v) is 6.53. The summed E-state index contributed by atoms with van der Waals surface area (Å²) in [4.78, 5) is 39.4. The van der Waals surface area contributed by atoms with Crippen LogP contribution in [0.15, 0.2) is 12.2 Å². The van der Waals surface area contributed by atoms with E-state index in [1.54, 1.807) is 0 Å². The fraction of sp³-hybridized carbons (Fsp3) is 0.733. The van der Waals surface area contributed by atoms with Crippen molar-refractivity contribution in [1.82, 2.24) is 0 Å². The summed E-state index contributed by atoms with van der Waals surface area (Å²) in [5.74, 6) is -0.321. The highest BCUT2D eigenvalue weighted by molar-refractivity contribution is 6.00. The van der Waals surface area contributed by atoms with Crippen molar-refractivity contribution in [1.29, 1.82) is 0 Å².